The zero-order valence-electron chi connectivity index (χ0n) is 11.6. The van der Waals surface area contributed by atoms with Crippen LogP contribution in [-0.2, 0) is 7.05 Å². The summed E-state index contributed by atoms with van der Waals surface area (Å²) in [5.41, 5.74) is 8.03. The van der Waals surface area contributed by atoms with Crippen molar-refractivity contribution >= 4 is 0 Å². The molecule has 2 nitrogen and oxygen atoms in total. The van der Waals surface area contributed by atoms with E-state index in [1.54, 1.807) is 0 Å². The Morgan fingerprint density at radius 1 is 1.06 bits per heavy atom. The molecule has 0 unspecified atom stereocenters. The second-order valence-electron chi connectivity index (χ2n) is 4.88. The van der Waals surface area contributed by atoms with Crippen LogP contribution in [0.1, 0.15) is 27.9 Å². The van der Waals surface area contributed by atoms with Gasteiger partial charge in [-0.15, -0.1) is 0 Å². The molecule has 0 N–H and O–H groups in total. The highest BCUT2D eigenvalue weighted by Gasteiger charge is 2.13. The second-order valence-corrected chi connectivity index (χ2v) is 4.88. The number of hydrogen-bond donors (Lipinski definition) is 0. The lowest BCUT2D eigenvalue weighted by molar-refractivity contribution is 0.887. The van der Waals surface area contributed by atoms with Gasteiger partial charge in [0, 0.05) is 24.0 Å². The first-order valence-electron chi connectivity index (χ1n) is 6.11. The number of nitrogens with zero attached hydrogens (tertiary/aromatic N) is 2. The van der Waals surface area contributed by atoms with E-state index in [0.717, 1.165) is 17.0 Å². The van der Waals surface area contributed by atoms with Crippen LogP contribution in [-0.4, -0.2) is 4.57 Å². The SMILES string of the molecule is Cc1ccc(-c2cc(C#N)c(C)n2C)c(C)c1C. The van der Waals surface area contributed by atoms with E-state index in [1.165, 1.54) is 22.3 Å². The second kappa shape index (κ2) is 4.34. The van der Waals surface area contributed by atoms with Gasteiger partial charge >= 0.3 is 0 Å². The summed E-state index contributed by atoms with van der Waals surface area (Å²) in [6.45, 7) is 8.41. The molecule has 92 valence electrons. The molecule has 0 aliphatic carbocycles. The lowest BCUT2D eigenvalue weighted by Gasteiger charge is -2.12. The van der Waals surface area contributed by atoms with E-state index in [1.807, 2.05) is 20.0 Å². The number of aryl methyl sites for hydroxylation is 1. The van der Waals surface area contributed by atoms with E-state index in [-0.39, 0.29) is 0 Å². The van der Waals surface area contributed by atoms with E-state index in [2.05, 4.69) is 43.5 Å². The van der Waals surface area contributed by atoms with E-state index in [9.17, 15) is 0 Å². The Kier molecular flexibility index (Phi) is 3.00. The maximum Gasteiger partial charge on any atom is 0.101 e. The number of benzene rings is 1. The van der Waals surface area contributed by atoms with Crippen LogP contribution in [0.2, 0.25) is 0 Å². The van der Waals surface area contributed by atoms with Crippen LogP contribution < -0.4 is 0 Å². The highest BCUT2D eigenvalue weighted by atomic mass is 15.0. The van der Waals surface area contributed by atoms with Crippen molar-refractivity contribution in [2.75, 3.05) is 0 Å². The Labute approximate surface area is 108 Å². The van der Waals surface area contributed by atoms with Gasteiger partial charge in [-0.05, 0) is 50.5 Å². The molecule has 0 radical (unpaired) electrons. The summed E-state index contributed by atoms with van der Waals surface area (Å²) in [4.78, 5) is 0. The van der Waals surface area contributed by atoms with Gasteiger partial charge in [0.15, 0.2) is 0 Å². The van der Waals surface area contributed by atoms with Crippen LogP contribution in [0, 0.1) is 39.0 Å². The minimum absolute atomic E-state index is 0.755. The molecule has 1 aromatic heterocycles. The topological polar surface area (TPSA) is 28.7 Å². The molecule has 0 saturated heterocycles. The van der Waals surface area contributed by atoms with Gasteiger partial charge in [-0.2, -0.15) is 5.26 Å². The van der Waals surface area contributed by atoms with Crippen molar-refractivity contribution in [3.05, 3.63) is 46.1 Å². The zero-order chi connectivity index (χ0) is 13.4. The van der Waals surface area contributed by atoms with E-state index >= 15 is 0 Å². The molecular weight excluding hydrogens is 220 g/mol. The molecule has 1 heterocycles. The Morgan fingerprint density at radius 3 is 2.28 bits per heavy atom. The van der Waals surface area contributed by atoms with Gasteiger partial charge in [0.05, 0.1) is 5.56 Å². The third-order valence-corrected chi connectivity index (χ3v) is 3.99. The molecule has 0 bridgehead atoms. The summed E-state index contributed by atoms with van der Waals surface area (Å²) in [7, 11) is 2.01. The number of nitriles is 1. The highest BCUT2D eigenvalue weighted by Crippen LogP contribution is 2.29. The van der Waals surface area contributed by atoms with Gasteiger partial charge in [0.1, 0.15) is 6.07 Å². The van der Waals surface area contributed by atoms with Crippen LogP contribution in [0.15, 0.2) is 18.2 Å². The van der Waals surface area contributed by atoms with Crippen LogP contribution in [0.3, 0.4) is 0 Å². The van der Waals surface area contributed by atoms with Gasteiger partial charge in [0.25, 0.3) is 0 Å². The molecule has 2 heteroatoms. The molecule has 2 rings (SSSR count). The van der Waals surface area contributed by atoms with E-state index < -0.39 is 0 Å². The van der Waals surface area contributed by atoms with Crippen molar-refractivity contribution in [3.63, 3.8) is 0 Å². The van der Waals surface area contributed by atoms with E-state index in [4.69, 9.17) is 5.26 Å². The first-order valence-corrected chi connectivity index (χ1v) is 6.11. The number of aromatic nitrogens is 1. The van der Waals surface area contributed by atoms with Gasteiger partial charge < -0.3 is 4.57 Å². The molecule has 2 aromatic rings. The summed E-state index contributed by atoms with van der Waals surface area (Å²) in [6.07, 6.45) is 0. The quantitative estimate of drug-likeness (QED) is 0.743. The van der Waals surface area contributed by atoms with Crippen molar-refractivity contribution in [2.24, 2.45) is 7.05 Å². The molecule has 0 amide bonds. The first kappa shape index (κ1) is 12.4. The van der Waals surface area contributed by atoms with E-state index in [0.29, 0.717) is 0 Å². The molecule has 1 aromatic carbocycles. The Morgan fingerprint density at radius 2 is 1.72 bits per heavy atom. The number of rotatable bonds is 1. The van der Waals surface area contributed by atoms with Gasteiger partial charge in [-0.25, -0.2) is 0 Å². The molecule has 0 atom stereocenters. The van der Waals surface area contributed by atoms with Crippen LogP contribution in [0.5, 0.6) is 0 Å². The van der Waals surface area contributed by atoms with Crippen molar-refractivity contribution < 1.29 is 0 Å². The smallest absolute Gasteiger partial charge is 0.101 e. The Balaban J connectivity index is 2.71. The van der Waals surface area contributed by atoms with Crippen molar-refractivity contribution in [1.29, 1.82) is 5.26 Å². The summed E-state index contributed by atoms with van der Waals surface area (Å²) in [6, 6.07) is 8.52. The standard InChI is InChI=1S/C16H18N2/c1-10-6-7-15(12(3)11(10)2)16-8-14(9-17)13(4)18(16)5/h6-8H,1-5H3. The van der Waals surface area contributed by atoms with Crippen molar-refractivity contribution in [3.8, 4) is 17.3 Å². The monoisotopic (exact) mass is 238 g/mol. The summed E-state index contributed by atoms with van der Waals surface area (Å²) in [5, 5.41) is 9.11. The Hall–Kier alpha value is -2.01. The third kappa shape index (κ3) is 1.73. The molecule has 0 saturated carbocycles. The molecule has 18 heavy (non-hydrogen) atoms. The maximum absolute atomic E-state index is 9.11. The van der Waals surface area contributed by atoms with Gasteiger partial charge in [-0.1, -0.05) is 12.1 Å². The van der Waals surface area contributed by atoms with Gasteiger partial charge in [0.2, 0.25) is 0 Å². The largest absolute Gasteiger partial charge is 0.347 e. The summed E-state index contributed by atoms with van der Waals surface area (Å²) >= 11 is 0. The molecule has 0 spiro atoms. The minimum atomic E-state index is 0.755. The fourth-order valence-electron chi connectivity index (χ4n) is 2.30. The lowest BCUT2D eigenvalue weighted by atomic mass is 9.97. The fraction of sp³-hybridized carbons (Fsp3) is 0.312. The van der Waals surface area contributed by atoms with Crippen LogP contribution in [0.4, 0.5) is 0 Å². The first-order chi connectivity index (χ1) is 8.47. The third-order valence-electron chi connectivity index (χ3n) is 3.99. The zero-order valence-corrected chi connectivity index (χ0v) is 11.6. The molecule has 0 aliphatic heterocycles. The molecule has 0 aliphatic rings. The highest BCUT2D eigenvalue weighted by molar-refractivity contribution is 5.69. The molecular formula is C16H18N2. The lowest BCUT2D eigenvalue weighted by Crippen LogP contribution is -1.97. The summed E-state index contributed by atoms with van der Waals surface area (Å²) < 4.78 is 2.09. The van der Waals surface area contributed by atoms with Crippen molar-refractivity contribution in [2.45, 2.75) is 27.7 Å². The predicted octanol–water partition coefficient (Wildman–Crippen LogP) is 3.80. The predicted molar refractivity (Wildman–Crippen MR) is 74.5 cm³/mol. The fourth-order valence-corrected chi connectivity index (χ4v) is 2.30. The average molecular weight is 238 g/mol. The normalized spacial score (nSPS) is 10.4. The van der Waals surface area contributed by atoms with Crippen LogP contribution in [0.25, 0.3) is 11.3 Å². The summed E-state index contributed by atoms with van der Waals surface area (Å²) in [5.74, 6) is 0. The van der Waals surface area contributed by atoms with Crippen molar-refractivity contribution in [1.82, 2.24) is 4.57 Å². The van der Waals surface area contributed by atoms with Gasteiger partial charge in [-0.3, -0.25) is 0 Å². The maximum atomic E-state index is 9.11. The van der Waals surface area contributed by atoms with Crippen LogP contribution >= 0.6 is 0 Å². The Bertz CT molecular complexity index is 655. The minimum Gasteiger partial charge on any atom is -0.347 e. The average Bonchev–Trinajstić information content (AvgIpc) is 2.64. The molecule has 0 fully saturated rings. The number of hydrogen-bond acceptors (Lipinski definition) is 1.